The molecule has 150 valence electrons. The molecule has 4 aromatic rings. The number of fused-ring (bicyclic) bond motifs is 2. The van der Waals surface area contributed by atoms with Crippen molar-refractivity contribution in [1.29, 1.82) is 0 Å². The van der Waals surface area contributed by atoms with Crippen LogP contribution >= 0.6 is 11.3 Å². The molecule has 0 bridgehead atoms. The van der Waals surface area contributed by atoms with Gasteiger partial charge in [-0.1, -0.05) is 0 Å². The van der Waals surface area contributed by atoms with E-state index in [1.165, 1.54) is 11.3 Å². The molecule has 1 saturated carbocycles. The number of alkyl halides is 3. The first-order valence-electron chi connectivity index (χ1n) is 9.23. The van der Waals surface area contributed by atoms with Gasteiger partial charge in [0.1, 0.15) is 4.83 Å². The van der Waals surface area contributed by atoms with Crippen LogP contribution in [-0.4, -0.2) is 31.0 Å². The van der Waals surface area contributed by atoms with Crippen LogP contribution in [0.5, 0.6) is 0 Å². The normalized spacial score (nSPS) is 20.9. The number of halogens is 3. The minimum Gasteiger partial charge on any atom is -0.387 e. The maximum atomic E-state index is 12.7. The molecule has 0 radical (unpaired) electrons. The van der Waals surface area contributed by atoms with E-state index < -0.39 is 18.2 Å². The van der Waals surface area contributed by atoms with E-state index in [1.807, 2.05) is 37.5 Å². The van der Waals surface area contributed by atoms with E-state index in [0.29, 0.717) is 10.5 Å². The molecular formula is C20H17F3N4OS. The Morgan fingerprint density at radius 1 is 1.21 bits per heavy atom. The lowest BCUT2D eigenvalue weighted by Crippen LogP contribution is -2.38. The highest BCUT2D eigenvalue weighted by molar-refractivity contribution is 7.18. The molecule has 0 aromatic carbocycles. The maximum absolute atomic E-state index is 12.7. The largest absolute Gasteiger partial charge is 0.391 e. The standard InChI is InChI=1S/C20H17F3N4OS/c1-27-9-13-4-12(8-24-18(13)26-27)15-3-2-10-7-16(29-19(10)25-15)17(28)11-5-14(6-11)20(21,22)23/h2-4,7-9,11,14,17,28H,5-6H2,1H3/t11?,14?,17-/m0/s1. The van der Waals surface area contributed by atoms with Gasteiger partial charge in [-0.25, -0.2) is 9.97 Å². The Balaban J connectivity index is 1.41. The minimum atomic E-state index is -4.17. The lowest BCUT2D eigenvalue weighted by atomic mass is 9.71. The van der Waals surface area contributed by atoms with E-state index in [0.717, 1.165) is 26.9 Å². The third-order valence-corrected chi connectivity index (χ3v) is 6.66. The molecule has 1 aliphatic carbocycles. The van der Waals surface area contributed by atoms with Gasteiger partial charge < -0.3 is 5.11 Å². The molecule has 1 fully saturated rings. The van der Waals surface area contributed by atoms with Gasteiger partial charge >= 0.3 is 6.18 Å². The number of aliphatic hydroxyl groups is 1. The topological polar surface area (TPSA) is 63.8 Å². The second kappa shape index (κ2) is 6.50. The molecule has 4 heterocycles. The molecule has 5 rings (SSSR count). The Labute approximate surface area is 167 Å². The zero-order chi connectivity index (χ0) is 20.3. The number of rotatable bonds is 3. The molecule has 4 aromatic heterocycles. The van der Waals surface area contributed by atoms with Crippen molar-refractivity contribution in [2.75, 3.05) is 0 Å². The van der Waals surface area contributed by atoms with Gasteiger partial charge in [0, 0.05) is 40.7 Å². The predicted octanol–water partition coefficient (Wildman–Crippen LogP) is 4.87. The van der Waals surface area contributed by atoms with Crippen molar-refractivity contribution in [2.24, 2.45) is 18.9 Å². The number of nitrogens with zero attached hydrogens (tertiary/aromatic N) is 4. The molecule has 29 heavy (non-hydrogen) atoms. The first-order valence-corrected chi connectivity index (χ1v) is 10.0. The van der Waals surface area contributed by atoms with Crippen molar-refractivity contribution in [3.05, 3.63) is 41.5 Å². The van der Waals surface area contributed by atoms with Crippen LogP contribution in [0, 0.1) is 11.8 Å². The van der Waals surface area contributed by atoms with Crippen LogP contribution in [0.4, 0.5) is 13.2 Å². The Bertz CT molecular complexity index is 1210. The van der Waals surface area contributed by atoms with Gasteiger partial charge in [-0.3, -0.25) is 4.68 Å². The summed E-state index contributed by atoms with van der Waals surface area (Å²) in [7, 11) is 1.84. The fraction of sp³-hybridized carbons (Fsp3) is 0.350. The van der Waals surface area contributed by atoms with Crippen LogP contribution in [-0.2, 0) is 7.05 Å². The van der Waals surface area contributed by atoms with E-state index in [2.05, 4.69) is 15.1 Å². The molecule has 1 aliphatic rings. The van der Waals surface area contributed by atoms with Gasteiger partial charge in [-0.05, 0) is 43.0 Å². The predicted molar refractivity (Wildman–Crippen MR) is 104 cm³/mol. The van der Waals surface area contributed by atoms with Gasteiger partial charge in [0.05, 0.1) is 17.7 Å². The molecule has 1 atom stereocenters. The smallest absolute Gasteiger partial charge is 0.387 e. The molecule has 0 aliphatic heterocycles. The van der Waals surface area contributed by atoms with Gasteiger partial charge in [0.2, 0.25) is 0 Å². The van der Waals surface area contributed by atoms with Crippen LogP contribution in [0.1, 0.15) is 23.8 Å². The quantitative estimate of drug-likeness (QED) is 0.516. The fourth-order valence-electron chi connectivity index (χ4n) is 3.84. The lowest BCUT2D eigenvalue weighted by Gasteiger charge is -2.38. The number of thiophene rings is 1. The van der Waals surface area contributed by atoms with Gasteiger partial charge in [0.25, 0.3) is 0 Å². The molecular weight excluding hydrogens is 401 g/mol. The second-order valence-electron chi connectivity index (χ2n) is 7.59. The van der Waals surface area contributed by atoms with Crippen molar-refractivity contribution >= 4 is 32.6 Å². The minimum absolute atomic E-state index is 0.0195. The summed E-state index contributed by atoms with van der Waals surface area (Å²) in [5.74, 6) is -1.65. The highest BCUT2D eigenvalue weighted by Gasteiger charge is 2.50. The Morgan fingerprint density at radius 2 is 2.00 bits per heavy atom. The number of aryl methyl sites for hydroxylation is 1. The summed E-state index contributed by atoms with van der Waals surface area (Å²) < 4.78 is 39.8. The first-order chi connectivity index (χ1) is 13.8. The molecule has 9 heteroatoms. The van der Waals surface area contributed by atoms with Crippen LogP contribution in [0.25, 0.3) is 32.5 Å². The van der Waals surface area contributed by atoms with Crippen molar-refractivity contribution in [3.8, 4) is 11.3 Å². The van der Waals surface area contributed by atoms with Crippen LogP contribution in [0.15, 0.2) is 36.7 Å². The SMILES string of the molecule is Cn1cc2cc(-c3ccc4cc([C@@H](O)C5CC(C(F)(F)F)C5)sc4n3)cnc2n1. The summed E-state index contributed by atoms with van der Waals surface area (Å²) in [4.78, 5) is 10.4. The van der Waals surface area contributed by atoms with E-state index in [1.54, 1.807) is 10.9 Å². The number of hydrogen-bond acceptors (Lipinski definition) is 5. The van der Waals surface area contributed by atoms with E-state index >= 15 is 0 Å². The molecule has 5 nitrogen and oxygen atoms in total. The summed E-state index contributed by atoms with van der Waals surface area (Å²) in [6.45, 7) is 0. The average Bonchev–Trinajstić information content (AvgIpc) is 3.19. The average molecular weight is 418 g/mol. The third-order valence-electron chi connectivity index (χ3n) is 5.55. The molecule has 0 unspecified atom stereocenters. The van der Waals surface area contributed by atoms with E-state index in [4.69, 9.17) is 0 Å². The van der Waals surface area contributed by atoms with Gasteiger partial charge in [0.15, 0.2) is 5.65 Å². The van der Waals surface area contributed by atoms with Crippen molar-refractivity contribution in [1.82, 2.24) is 19.7 Å². The second-order valence-corrected chi connectivity index (χ2v) is 8.66. The summed E-state index contributed by atoms with van der Waals surface area (Å²) in [6, 6.07) is 7.59. The van der Waals surface area contributed by atoms with Crippen molar-refractivity contribution in [2.45, 2.75) is 25.1 Å². The Morgan fingerprint density at radius 3 is 2.76 bits per heavy atom. The van der Waals surface area contributed by atoms with Crippen LogP contribution in [0.2, 0.25) is 0 Å². The molecule has 0 saturated heterocycles. The monoisotopic (exact) mass is 418 g/mol. The molecule has 0 amide bonds. The highest BCUT2D eigenvalue weighted by atomic mass is 32.1. The van der Waals surface area contributed by atoms with E-state index in [-0.39, 0.29) is 18.8 Å². The lowest BCUT2D eigenvalue weighted by molar-refractivity contribution is -0.212. The Kier molecular flexibility index (Phi) is 4.15. The zero-order valence-electron chi connectivity index (χ0n) is 15.4. The summed E-state index contributed by atoms with van der Waals surface area (Å²) in [6.07, 6.45) is -1.49. The van der Waals surface area contributed by atoms with Gasteiger partial charge in [-0.15, -0.1) is 11.3 Å². The highest BCUT2D eigenvalue weighted by Crippen LogP contribution is 2.50. The number of hydrogen-bond donors (Lipinski definition) is 1. The Hall–Kier alpha value is -2.52. The van der Waals surface area contributed by atoms with Crippen LogP contribution in [0.3, 0.4) is 0 Å². The van der Waals surface area contributed by atoms with Gasteiger partial charge in [-0.2, -0.15) is 18.3 Å². The summed E-state index contributed by atoms with van der Waals surface area (Å²) >= 11 is 1.33. The zero-order valence-corrected chi connectivity index (χ0v) is 16.2. The van der Waals surface area contributed by atoms with Crippen molar-refractivity contribution in [3.63, 3.8) is 0 Å². The number of aliphatic hydroxyl groups excluding tert-OH is 1. The summed E-state index contributed by atoms with van der Waals surface area (Å²) in [5.41, 5.74) is 2.27. The maximum Gasteiger partial charge on any atom is 0.391 e. The third kappa shape index (κ3) is 3.28. The number of aromatic nitrogens is 4. The van der Waals surface area contributed by atoms with Crippen molar-refractivity contribution < 1.29 is 18.3 Å². The van der Waals surface area contributed by atoms with Crippen LogP contribution < -0.4 is 0 Å². The first kappa shape index (κ1) is 18.5. The van der Waals surface area contributed by atoms with E-state index in [9.17, 15) is 18.3 Å². The number of pyridine rings is 2. The molecule has 0 spiro atoms. The fourth-order valence-corrected chi connectivity index (χ4v) is 4.95. The molecule has 1 N–H and O–H groups in total. The summed E-state index contributed by atoms with van der Waals surface area (Å²) in [5, 5.41) is 16.6.